The molecular weight excluding hydrogens is 343 g/mol. The molecule has 0 spiro atoms. The van der Waals surface area contributed by atoms with Gasteiger partial charge >= 0.3 is 0 Å². The maximum absolute atomic E-state index is 13.6. The maximum Gasteiger partial charge on any atom is 0.255 e. The molecule has 0 saturated heterocycles. The Hall–Kier alpha value is -3.35. The molecule has 0 fully saturated rings. The first-order valence-corrected chi connectivity index (χ1v) is 7.72. The summed E-state index contributed by atoms with van der Waals surface area (Å²) in [6.45, 7) is 0.202. The van der Waals surface area contributed by atoms with Crippen molar-refractivity contribution in [2.75, 3.05) is 10.6 Å². The lowest BCUT2D eigenvalue weighted by Crippen LogP contribution is -2.13. The van der Waals surface area contributed by atoms with Gasteiger partial charge in [-0.15, -0.1) is 0 Å². The van der Waals surface area contributed by atoms with E-state index in [0.717, 1.165) is 12.1 Å². The molecule has 2 N–H and O–H groups in total. The lowest BCUT2D eigenvalue weighted by atomic mass is 10.2. The predicted octanol–water partition coefficient (Wildman–Crippen LogP) is 4.36. The van der Waals surface area contributed by atoms with E-state index in [1.54, 1.807) is 18.2 Å². The van der Waals surface area contributed by atoms with Gasteiger partial charge in [0, 0.05) is 35.6 Å². The van der Waals surface area contributed by atoms with E-state index in [-0.39, 0.29) is 23.6 Å². The number of hydrogen-bond acceptors (Lipinski definition) is 3. The van der Waals surface area contributed by atoms with Crippen molar-refractivity contribution in [2.24, 2.45) is 0 Å². The SMILES string of the molecule is O=C(Nc1ccc(F)c(F)c1)c1ccnc(NCc2ccccc2F)c1. The van der Waals surface area contributed by atoms with Gasteiger partial charge in [0.2, 0.25) is 0 Å². The second-order valence-electron chi connectivity index (χ2n) is 5.46. The van der Waals surface area contributed by atoms with Crippen LogP contribution in [0.2, 0.25) is 0 Å². The number of amides is 1. The summed E-state index contributed by atoms with van der Waals surface area (Å²) in [7, 11) is 0. The highest BCUT2D eigenvalue weighted by molar-refractivity contribution is 6.04. The van der Waals surface area contributed by atoms with E-state index in [4.69, 9.17) is 0 Å². The number of benzene rings is 2. The number of carbonyl (C=O) groups excluding carboxylic acids is 1. The normalized spacial score (nSPS) is 10.4. The first kappa shape index (κ1) is 17.5. The van der Waals surface area contributed by atoms with Gasteiger partial charge in [-0.05, 0) is 30.3 Å². The molecule has 3 rings (SSSR count). The van der Waals surface area contributed by atoms with Crippen molar-refractivity contribution in [1.29, 1.82) is 0 Å². The van der Waals surface area contributed by atoms with Crippen molar-refractivity contribution >= 4 is 17.4 Å². The molecule has 0 unspecified atom stereocenters. The van der Waals surface area contributed by atoms with Crippen LogP contribution in [0.15, 0.2) is 60.8 Å². The Kier molecular flexibility index (Phi) is 5.17. The molecule has 0 aliphatic rings. The number of anilines is 2. The molecule has 0 aliphatic heterocycles. The molecular formula is C19H14F3N3O. The number of carbonyl (C=O) groups is 1. The summed E-state index contributed by atoms with van der Waals surface area (Å²) in [6.07, 6.45) is 1.42. The van der Waals surface area contributed by atoms with Crippen LogP contribution in [0, 0.1) is 17.5 Å². The van der Waals surface area contributed by atoms with E-state index in [1.807, 2.05) is 0 Å². The topological polar surface area (TPSA) is 54.0 Å². The highest BCUT2D eigenvalue weighted by Gasteiger charge is 2.10. The number of halogens is 3. The van der Waals surface area contributed by atoms with E-state index >= 15 is 0 Å². The van der Waals surface area contributed by atoms with E-state index in [1.165, 1.54) is 30.5 Å². The standard InChI is InChI=1S/C19H14F3N3O/c20-15-4-2-1-3-13(15)11-24-18-9-12(7-8-23-18)19(26)25-14-5-6-16(21)17(22)10-14/h1-10H,11H2,(H,23,24)(H,25,26). The van der Waals surface area contributed by atoms with Crippen molar-refractivity contribution in [3.63, 3.8) is 0 Å². The molecule has 0 radical (unpaired) electrons. The molecule has 2 aromatic carbocycles. The maximum atomic E-state index is 13.6. The molecule has 1 amide bonds. The quantitative estimate of drug-likeness (QED) is 0.713. The van der Waals surface area contributed by atoms with E-state index in [9.17, 15) is 18.0 Å². The molecule has 0 saturated carbocycles. The first-order chi connectivity index (χ1) is 12.5. The van der Waals surface area contributed by atoms with Crippen molar-refractivity contribution < 1.29 is 18.0 Å². The smallest absolute Gasteiger partial charge is 0.255 e. The fourth-order valence-corrected chi connectivity index (χ4v) is 2.27. The molecule has 1 aromatic heterocycles. The van der Waals surface area contributed by atoms with E-state index < -0.39 is 17.5 Å². The Bertz CT molecular complexity index is 947. The molecule has 4 nitrogen and oxygen atoms in total. The Morgan fingerprint density at radius 3 is 2.50 bits per heavy atom. The summed E-state index contributed by atoms with van der Waals surface area (Å²) in [5, 5.41) is 5.41. The van der Waals surface area contributed by atoms with E-state index in [0.29, 0.717) is 11.4 Å². The van der Waals surface area contributed by atoms with Crippen molar-refractivity contribution in [3.05, 3.63) is 89.4 Å². The highest BCUT2D eigenvalue weighted by Crippen LogP contribution is 2.16. The van der Waals surface area contributed by atoms with Crippen molar-refractivity contribution in [3.8, 4) is 0 Å². The third-order valence-corrected chi connectivity index (χ3v) is 3.62. The third-order valence-electron chi connectivity index (χ3n) is 3.62. The van der Waals surface area contributed by atoms with Gasteiger partial charge in [-0.1, -0.05) is 18.2 Å². The van der Waals surface area contributed by atoms with Gasteiger partial charge in [0.1, 0.15) is 11.6 Å². The highest BCUT2D eigenvalue weighted by atomic mass is 19.2. The average Bonchev–Trinajstić information content (AvgIpc) is 2.64. The fourth-order valence-electron chi connectivity index (χ4n) is 2.27. The van der Waals surface area contributed by atoms with Crippen LogP contribution in [0.5, 0.6) is 0 Å². The Labute approximate surface area is 147 Å². The van der Waals surface area contributed by atoms with Gasteiger partial charge in [0.25, 0.3) is 5.91 Å². The molecule has 132 valence electrons. The second kappa shape index (κ2) is 7.69. The fraction of sp³-hybridized carbons (Fsp3) is 0.0526. The monoisotopic (exact) mass is 357 g/mol. The lowest BCUT2D eigenvalue weighted by Gasteiger charge is -2.09. The minimum absolute atomic E-state index is 0.131. The van der Waals surface area contributed by atoms with Crippen LogP contribution in [-0.2, 0) is 6.54 Å². The van der Waals surface area contributed by atoms with E-state index in [2.05, 4.69) is 15.6 Å². The van der Waals surface area contributed by atoms with Crippen LogP contribution in [-0.4, -0.2) is 10.9 Å². The zero-order valence-electron chi connectivity index (χ0n) is 13.5. The minimum atomic E-state index is -1.05. The van der Waals surface area contributed by atoms with Gasteiger partial charge in [-0.3, -0.25) is 4.79 Å². The number of pyridine rings is 1. The average molecular weight is 357 g/mol. The van der Waals surface area contributed by atoms with Crippen LogP contribution in [0.4, 0.5) is 24.7 Å². The molecule has 3 aromatic rings. The van der Waals surface area contributed by atoms with Crippen molar-refractivity contribution in [1.82, 2.24) is 4.98 Å². The zero-order chi connectivity index (χ0) is 18.5. The van der Waals surface area contributed by atoms with Crippen LogP contribution in [0.1, 0.15) is 15.9 Å². The summed E-state index contributed by atoms with van der Waals surface area (Å²) in [6, 6.07) is 12.4. The third kappa shape index (κ3) is 4.18. The summed E-state index contributed by atoms with van der Waals surface area (Å²) >= 11 is 0. The van der Waals surface area contributed by atoms with Crippen LogP contribution in [0.25, 0.3) is 0 Å². The molecule has 26 heavy (non-hydrogen) atoms. The van der Waals surface area contributed by atoms with Gasteiger partial charge in [0.05, 0.1) is 0 Å². The van der Waals surface area contributed by atoms with Crippen molar-refractivity contribution in [2.45, 2.75) is 6.54 Å². The summed E-state index contributed by atoms with van der Waals surface area (Å²) < 4.78 is 39.8. The summed E-state index contributed by atoms with van der Waals surface area (Å²) in [5.41, 5.74) is 0.860. The predicted molar refractivity (Wildman–Crippen MR) is 92.3 cm³/mol. The molecule has 0 atom stereocenters. The molecule has 0 aliphatic carbocycles. The number of aromatic nitrogens is 1. The van der Waals surface area contributed by atoms with Gasteiger partial charge in [-0.2, -0.15) is 0 Å². The van der Waals surface area contributed by atoms with Crippen LogP contribution in [0.3, 0.4) is 0 Å². The van der Waals surface area contributed by atoms with Crippen LogP contribution < -0.4 is 10.6 Å². The van der Waals surface area contributed by atoms with Crippen LogP contribution >= 0.6 is 0 Å². The molecule has 1 heterocycles. The number of nitrogens with zero attached hydrogens (tertiary/aromatic N) is 1. The minimum Gasteiger partial charge on any atom is -0.366 e. The first-order valence-electron chi connectivity index (χ1n) is 7.72. The Morgan fingerprint density at radius 1 is 0.923 bits per heavy atom. The molecule has 7 heteroatoms. The Morgan fingerprint density at radius 2 is 1.73 bits per heavy atom. The van der Waals surface area contributed by atoms with Gasteiger partial charge in [-0.25, -0.2) is 18.2 Å². The Balaban J connectivity index is 1.69. The largest absolute Gasteiger partial charge is 0.366 e. The zero-order valence-corrected chi connectivity index (χ0v) is 13.5. The second-order valence-corrected chi connectivity index (χ2v) is 5.46. The lowest BCUT2D eigenvalue weighted by molar-refractivity contribution is 0.102. The number of nitrogens with one attached hydrogen (secondary N) is 2. The van der Waals surface area contributed by atoms with Gasteiger partial charge in [0.15, 0.2) is 11.6 Å². The number of rotatable bonds is 5. The number of hydrogen-bond donors (Lipinski definition) is 2. The van der Waals surface area contributed by atoms with Gasteiger partial charge < -0.3 is 10.6 Å². The molecule has 0 bridgehead atoms. The summed E-state index contributed by atoms with van der Waals surface area (Å²) in [4.78, 5) is 16.3. The summed E-state index contributed by atoms with van der Waals surface area (Å²) in [5.74, 6) is -2.51.